The smallest absolute Gasteiger partial charge is 0.240 e. The van der Waals surface area contributed by atoms with Gasteiger partial charge in [0, 0.05) is 57.7 Å². The normalized spacial score (nSPS) is 21.4. The van der Waals surface area contributed by atoms with Crippen LogP contribution in [0, 0.1) is 0 Å². The highest BCUT2D eigenvalue weighted by Gasteiger charge is 2.33. The summed E-state index contributed by atoms with van der Waals surface area (Å²) in [4.78, 5) is 24.5. The van der Waals surface area contributed by atoms with Crippen molar-refractivity contribution in [1.82, 2.24) is 25.1 Å². The molecule has 1 aromatic heterocycles. The largest absolute Gasteiger partial charge is 0.314 e. The summed E-state index contributed by atoms with van der Waals surface area (Å²) in [7, 11) is 0. The number of likely N-dealkylation sites (tertiary alicyclic amines) is 1. The van der Waals surface area contributed by atoms with Crippen LogP contribution in [-0.4, -0.2) is 77.5 Å². The lowest BCUT2D eigenvalue weighted by Gasteiger charge is -2.46. The molecule has 2 aliphatic rings. The van der Waals surface area contributed by atoms with E-state index in [9.17, 15) is 4.79 Å². The molecule has 0 atom stereocenters. The third-order valence-electron chi connectivity index (χ3n) is 3.79. The number of piperazine rings is 1. The molecule has 7 heteroatoms. The fourth-order valence-corrected chi connectivity index (χ4v) is 2.68. The van der Waals surface area contributed by atoms with Gasteiger partial charge in [0.2, 0.25) is 11.9 Å². The van der Waals surface area contributed by atoms with Crippen molar-refractivity contribution in [3.05, 3.63) is 18.5 Å². The molecule has 3 rings (SSSR count). The molecule has 0 unspecified atom stereocenters. The molecule has 0 aliphatic carbocycles. The van der Waals surface area contributed by atoms with Crippen LogP contribution < -0.4 is 10.6 Å². The summed E-state index contributed by atoms with van der Waals surface area (Å²) < 4.78 is 0. The summed E-state index contributed by atoms with van der Waals surface area (Å²) in [6.07, 6.45) is 3.24. The number of aromatic nitrogens is 2. The van der Waals surface area contributed by atoms with Crippen LogP contribution in [0.1, 0.15) is 0 Å². The Balaban J connectivity index is 1.39. The molecule has 2 aliphatic heterocycles. The van der Waals surface area contributed by atoms with Crippen LogP contribution in [0.5, 0.6) is 0 Å². The molecule has 0 aromatic carbocycles. The molecule has 2 saturated heterocycles. The number of rotatable bonds is 4. The highest BCUT2D eigenvalue weighted by molar-refractivity contribution is 5.90. The highest BCUT2D eigenvalue weighted by Crippen LogP contribution is 2.15. The number of hydrogen-bond donors (Lipinski definition) is 2. The number of anilines is 1. The van der Waals surface area contributed by atoms with E-state index in [1.54, 1.807) is 18.5 Å². The topological polar surface area (TPSA) is 73.4 Å². The van der Waals surface area contributed by atoms with E-state index >= 15 is 0 Å². The van der Waals surface area contributed by atoms with Gasteiger partial charge in [0.05, 0.1) is 6.54 Å². The van der Waals surface area contributed by atoms with Crippen LogP contribution in [0.15, 0.2) is 18.5 Å². The Bertz CT molecular complexity index is 441. The molecule has 108 valence electrons. The van der Waals surface area contributed by atoms with Crippen molar-refractivity contribution < 1.29 is 4.79 Å². The fourth-order valence-electron chi connectivity index (χ4n) is 2.68. The molecule has 0 spiro atoms. The summed E-state index contributed by atoms with van der Waals surface area (Å²) >= 11 is 0. The van der Waals surface area contributed by atoms with Gasteiger partial charge >= 0.3 is 0 Å². The Morgan fingerprint density at radius 2 is 2.00 bits per heavy atom. The Labute approximate surface area is 118 Å². The van der Waals surface area contributed by atoms with Crippen molar-refractivity contribution in [2.75, 3.05) is 51.1 Å². The standard InChI is InChI=1S/C13H20N6O/c20-12(17-13-15-2-1-3-16-13)10-18-8-11(9-18)19-6-4-14-5-7-19/h1-3,11,14H,4-10H2,(H,15,16,17,20). The van der Waals surface area contributed by atoms with Crippen LogP contribution in [0.3, 0.4) is 0 Å². The molecule has 7 nitrogen and oxygen atoms in total. The zero-order chi connectivity index (χ0) is 13.8. The molecular weight excluding hydrogens is 256 g/mol. The Morgan fingerprint density at radius 3 is 2.70 bits per heavy atom. The quantitative estimate of drug-likeness (QED) is 0.735. The minimum Gasteiger partial charge on any atom is -0.314 e. The SMILES string of the molecule is O=C(CN1CC(N2CCNCC2)C1)Nc1ncccn1. The second-order valence-corrected chi connectivity index (χ2v) is 5.25. The fraction of sp³-hybridized carbons (Fsp3) is 0.615. The maximum Gasteiger partial charge on any atom is 0.240 e. The number of carbonyl (C=O) groups is 1. The third-order valence-corrected chi connectivity index (χ3v) is 3.79. The monoisotopic (exact) mass is 276 g/mol. The van der Waals surface area contributed by atoms with Gasteiger partial charge in [-0.25, -0.2) is 9.97 Å². The Hall–Kier alpha value is -1.57. The van der Waals surface area contributed by atoms with Crippen molar-refractivity contribution in [3.63, 3.8) is 0 Å². The first-order valence-electron chi connectivity index (χ1n) is 7.05. The molecule has 0 saturated carbocycles. The second-order valence-electron chi connectivity index (χ2n) is 5.25. The molecule has 0 bridgehead atoms. The number of carbonyl (C=O) groups excluding carboxylic acids is 1. The summed E-state index contributed by atoms with van der Waals surface area (Å²) in [6, 6.07) is 2.33. The number of nitrogens with one attached hydrogen (secondary N) is 2. The van der Waals surface area contributed by atoms with Gasteiger partial charge in [-0.3, -0.25) is 19.9 Å². The Morgan fingerprint density at radius 1 is 1.30 bits per heavy atom. The average Bonchev–Trinajstić information content (AvgIpc) is 2.44. The molecule has 1 aromatic rings. The molecular formula is C13H20N6O. The van der Waals surface area contributed by atoms with Crippen molar-refractivity contribution in [1.29, 1.82) is 0 Å². The van der Waals surface area contributed by atoms with E-state index in [-0.39, 0.29) is 5.91 Å². The maximum atomic E-state index is 11.8. The molecule has 1 amide bonds. The van der Waals surface area contributed by atoms with Crippen LogP contribution in [-0.2, 0) is 4.79 Å². The van der Waals surface area contributed by atoms with Gasteiger partial charge in [0.1, 0.15) is 0 Å². The summed E-state index contributed by atoms with van der Waals surface area (Å²) in [5, 5.41) is 6.06. The highest BCUT2D eigenvalue weighted by atomic mass is 16.2. The maximum absolute atomic E-state index is 11.8. The van der Waals surface area contributed by atoms with E-state index in [0.717, 1.165) is 39.3 Å². The third kappa shape index (κ3) is 3.30. The lowest BCUT2D eigenvalue weighted by molar-refractivity contribution is -0.119. The van der Waals surface area contributed by atoms with Crippen molar-refractivity contribution in [2.45, 2.75) is 6.04 Å². The van der Waals surface area contributed by atoms with Gasteiger partial charge in [-0.05, 0) is 6.07 Å². The first-order valence-corrected chi connectivity index (χ1v) is 7.05. The Kier molecular flexibility index (Phi) is 4.19. The van der Waals surface area contributed by atoms with E-state index < -0.39 is 0 Å². The zero-order valence-electron chi connectivity index (χ0n) is 11.5. The van der Waals surface area contributed by atoms with Gasteiger partial charge in [-0.15, -0.1) is 0 Å². The lowest BCUT2D eigenvalue weighted by atomic mass is 10.1. The molecule has 2 fully saturated rings. The molecule has 3 heterocycles. The minimum atomic E-state index is -0.0463. The van der Waals surface area contributed by atoms with E-state index in [4.69, 9.17) is 0 Å². The first-order chi connectivity index (χ1) is 9.81. The van der Waals surface area contributed by atoms with Crippen LogP contribution in [0.2, 0.25) is 0 Å². The predicted octanol–water partition coefficient (Wildman–Crippen LogP) is -0.995. The van der Waals surface area contributed by atoms with Gasteiger partial charge in [-0.1, -0.05) is 0 Å². The van der Waals surface area contributed by atoms with Crippen LogP contribution in [0.4, 0.5) is 5.95 Å². The van der Waals surface area contributed by atoms with Crippen LogP contribution >= 0.6 is 0 Å². The van der Waals surface area contributed by atoms with E-state index in [1.807, 2.05) is 0 Å². The first kappa shape index (κ1) is 13.4. The lowest BCUT2D eigenvalue weighted by Crippen LogP contribution is -2.63. The predicted molar refractivity (Wildman–Crippen MR) is 75.3 cm³/mol. The van der Waals surface area contributed by atoms with E-state index in [2.05, 4.69) is 30.4 Å². The second kappa shape index (κ2) is 6.25. The summed E-state index contributed by atoms with van der Waals surface area (Å²) in [5.41, 5.74) is 0. The van der Waals surface area contributed by atoms with Crippen molar-refractivity contribution >= 4 is 11.9 Å². The average molecular weight is 276 g/mol. The zero-order valence-corrected chi connectivity index (χ0v) is 11.5. The summed E-state index contributed by atoms with van der Waals surface area (Å²) in [5.74, 6) is 0.326. The molecule has 0 radical (unpaired) electrons. The van der Waals surface area contributed by atoms with Gasteiger partial charge < -0.3 is 5.32 Å². The molecule has 2 N–H and O–H groups in total. The van der Waals surface area contributed by atoms with E-state index in [0.29, 0.717) is 18.5 Å². The number of hydrogen-bond acceptors (Lipinski definition) is 6. The van der Waals surface area contributed by atoms with Crippen molar-refractivity contribution in [3.8, 4) is 0 Å². The number of nitrogens with zero attached hydrogens (tertiary/aromatic N) is 4. The van der Waals surface area contributed by atoms with E-state index in [1.165, 1.54) is 0 Å². The van der Waals surface area contributed by atoms with Gasteiger partial charge in [0.25, 0.3) is 0 Å². The number of amides is 1. The van der Waals surface area contributed by atoms with Crippen LogP contribution in [0.25, 0.3) is 0 Å². The molecule has 20 heavy (non-hydrogen) atoms. The van der Waals surface area contributed by atoms with Crippen molar-refractivity contribution in [2.24, 2.45) is 0 Å². The summed E-state index contributed by atoms with van der Waals surface area (Å²) in [6.45, 7) is 6.74. The van der Waals surface area contributed by atoms with Gasteiger partial charge in [-0.2, -0.15) is 0 Å². The van der Waals surface area contributed by atoms with Gasteiger partial charge in [0.15, 0.2) is 0 Å². The minimum absolute atomic E-state index is 0.0463.